The van der Waals surface area contributed by atoms with E-state index in [1.807, 2.05) is 0 Å². The van der Waals surface area contributed by atoms with Crippen LogP contribution in [0.15, 0.2) is 12.4 Å². The van der Waals surface area contributed by atoms with Crippen LogP contribution in [0, 0.1) is 0 Å². The van der Waals surface area contributed by atoms with E-state index in [-0.39, 0.29) is 0 Å². The highest BCUT2D eigenvalue weighted by molar-refractivity contribution is 4.93. The van der Waals surface area contributed by atoms with Crippen molar-refractivity contribution in [2.45, 2.75) is 20.0 Å². The van der Waals surface area contributed by atoms with Crippen molar-refractivity contribution in [3.63, 3.8) is 0 Å². The smallest absolute Gasteiger partial charge is 0.119 e. The van der Waals surface area contributed by atoms with Crippen molar-refractivity contribution in [1.82, 2.24) is 9.80 Å². The molecule has 0 bridgehead atoms. The first-order valence-electron chi connectivity index (χ1n) is 3.98. The van der Waals surface area contributed by atoms with Gasteiger partial charge in [0.05, 0.1) is 6.17 Å². The van der Waals surface area contributed by atoms with Crippen LogP contribution in [-0.4, -0.2) is 36.4 Å². The molecule has 0 saturated carbocycles. The first kappa shape index (κ1) is 8.40. The highest BCUT2D eigenvalue weighted by Crippen LogP contribution is 2.13. The molecule has 3 heteroatoms. The minimum atomic E-state index is 0.444. The Kier molecular flexibility index (Phi) is 2.76. The minimum Gasteiger partial charge on any atom is -0.364 e. The Balaban J connectivity index is 2.42. The maximum Gasteiger partial charge on any atom is 0.119 e. The molecule has 3 nitrogen and oxygen atoms in total. The molecule has 0 aromatic rings. The largest absolute Gasteiger partial charge is 0.364 e. The van der Waals surface area contributed by atoms with Gasteiger partial charge in [0.2, 0.25) is 0 Å². The van der Waals surface area contributed by atoms with Crippen molar-refractivity contribution >= 4 is 0 Å². The van der Waals surface area contributed by atoms with Crippen molar-refractivity contribution in [2.75, 3.05) is 20.4 Å². The molecule has 0 fully saturated rings. The van der Waals surface area contributed by atoms with E-state index in [0.717, 1.165) is 6.54 Å². The van der Waals surface area contributed by atoms with Gasteiger partial charge in [-0.25, -0.2) is 0 Å². The molecule has 1 unspecified atom stereocenters. The van der Waals surface area contributed by atoms with Gasteiger partial charge < -0.3 is 14.5 Å². The molecule has 0 aromatic carbocycles. The lowest BCUT2D eigenvalue weighted by atomic mass is 10.5. The van der Waals surface area contributed by atoms with Crippen molar-refractivity contribution < 1.29 is 4.74 Å². The average Bonchev–Trinajstić information content (AvgIpc) is 2.34. The second-order valence-corrected chi connectivity index (χ2v) is 2.69. The van der Waals surface area contributed by atoms with Crippen LogP contribution in [0.5, 0.6) is 0 Å². The average molecular weight is 156 g/mol. The summed E-state index contributed by atoms with van der Waals surface area (Å²) in [6.07, 6.45) is 4.61. The van der Waals surface area contributed by atoms with Gasteiger partial charge in [0.15, 0.2) is 0 Å². The van der Waals surface area contributed by atoms with Crippen molar-refractivity contribution in [3.8, 4) is 0 Å². The molecule has 11 heavy (non-hydrogen) atoms. The third-order valence-electron chi connectivity index (χ3n) is 2.05. The Morgan fingerprint density at radius 2 is 2.00 bits per heavy atom. The summed E-state index contributed by atoms with van der Waals surface area (Å²) < 4.78 is 5.04. The van der Waals surface area contributed by atoms with Crippen molar-refractivity contribution in [2.24, 2.45) is 0 Å². The van der Waals surface area contributed by atoms with Gasteiger partial charge in [-0.15, -0.1) is 0 Å². The van der Waals surface area contributed by atoms with E-state index < -0.39 is 0 Å². The molecule has 1 rings (SSSR count). The van der Waals surface area contributed by atoms with Crippen molar-refractivity contribution in [3.05, 3.63) is 12.4 Å². The molecule has 0 saturated heterocycles. The highest BCUT2D eigenvalue weighted by Gasteiger charge is 2.19. The van der Waals surface area contributed by atoms with Crippen LogP contribution in [0.3, 0.4) is 0 Å². The normalized spacial score (nSPS) is 23.4. The van der Waals surface area contributed by atoms with Gasteiger partial charge in [0.1, 0.15) is 6.73 Å². The lowest BCUT2D eigenvalue weighted by molar-refractivity contribution is 0.0466. The molecule has 0 aromatic heterocycles. The number of hydrogen-bond donors (Lipinski definition) is 0. The lowest BCUT2D eigenvalue weighted by Gasteiger charge is -2.27. The quantitative estimate of drug-likeness (QED) is 0.607. The highest BCUT2D eigenvalue weighted by atomic mass is 16.5. The fourth-order valence-corrected chi connectivity index (χ4v) is 1.28. The first-order valence-corrected chi connectivity index (χ1v) is 3.98. The topological polar surface area (TPSA) is 15.7 Å². The lowest BCUT2D eigenvalue weighted by Crippen LogP contribution is -2.36. The van der Waals surface area contributed by atoms with Crippen LogP contribution in [0.1, 0.15) is 13.8 Å². The summed E-state index contributed by atoms with van der Waals surface area (Å²) in [4.78, 5) is 4.42. The molecule has 1 aliphatic rings. The third-order valence-corrected chi connectivity index (χ3v) is 2.05. The number of ether oxygens (including phenoxy) is 1. The summed E-state index contributed by atoms with van der Waals surface area (Å²) >= 11 is 0. The number of hydrogen-bond acceptors (Lipinski definition) is 3. The summed E-state index contributed by atoms with van der Waals surface area (Å²) in [5.74, 6) is 0. The Labute approximate surface area is 68.2 Å². The van der Waals surface area contributed by atoms with E-state index in [2.05, 4.69) is 36.0 Å². The zero-order valence-corrected chi connectivity index (χ0v) is 7.45. The van der Waals surface area contributed by atoms with Crippen LogP contribution in [0.4, 0.5) is 0 Å². The summed E-state index contributed by atoms with van der Waals surface area (Å²) in [7, 11) is 1.72. The van der Waals surface area contributed by atoms with Gasteiger partial charge >= 0.3 is 0 Å². The zero-order valence-electron chi connectivity index (χ0n) is 7.45. The molecule has 1 aliphatic heterocycles. The van der Waals surface area contributed by atoms with Crippen molar-refractivity contribution in [1.29, 1.82) is 0 Å². The summed E-state index contributed by atoms with van der Waals surface area (Å²) in [5.41, 5.74) is 0. The molecule has 1 heterocycles. The predicted molar refractivity (Wildman–Crippen MR) is 44.7 cm³/mol. The maximum atomic E-state index is 5.04. The Bertz CT molecular complexity index is 147. The van der Waals surface area contributed by atoms with Crippen LogP contribution in [-0.2, 0) is 4.74 Å². The first-order chi connectivity index (χ1) is 5.29. The Morgan fingerprint density at radius 3 is 2.45 bits per heavy atom. The van der Waals surface area contributed by atoms with E-state index in [1.54, 1.807) is 7.11 Å². The van der Waals surface area contributed by atoms with E-state index in [0.29, 0.717) is 12.9 Å². The fraction of sp³-hybridized carbons (Fsp3) is 0.750. The van der Waals surface area contributed by atoms with Gasteiger partial charge in [-0.1, -0.05) is 0 Å². The number of methoxy groups -OCH3 is 1. The Morgan fingerprint density at radius 1 is 1.36 bits per heavy atom. The van der Waals surface area contributed by atoms with Crippen LogP contribution >= 0.6 is 0 Å². The van der Waals surface area contributed by atoms with Crippen LogP contribution in [0.2, 0.25) is 0 Å². The predicted octanol–water partition coefficient (Wildman–Crippen LogP) is 1.04. The van der Waals surface area contributed by atoms with Crippen LogP contribution in [0.25, 0.3) is 0 Å². The van der Waals surface area contributed by atoms with Gasteiger partial charge in [0.25, 0.3) is 0 Å². The second-order valence-electron chi connectivity index (χ2n) is 2.69. The molecule has 0 aliphatic carbocycles. The Hall–Kier alpha value is -0.700. The van der Waals surface area contributed by atoms with Gasteiger partial charge in [-0.05, 0) is 13.8 Å². The molecular formula is C8H16N2O. The third kappa shape index (κ3) is 1.66. The standard InChI is InChI=1S/C8H16N2O/c1-4-9-5-6-10(7-11-3)8(9)2/h5-6,8H,4,7H2,1-3H3. The van der Waals surface area contributed by atoms with Gasteiger partial charge in [0, 0.05) is 26.1 Å². The van der Waals surface area contributed by atoms with Gasteiger partial charge in [-0.2, -0.15) is 0 Å². The maximum absolute atomic E-state index is 5.04. The second kappa shape index (κ2) is 3.62. The van der Waals surface area contributed by atoms with E-state index in [4.69, 9.17) is 4.74 Å². The molecule has 0 radical (unpaired) electrons. The number of rotatable bonds is 3. The molecule has 64 valence electrons. The van der Waals surface area contributed by atoms with Gasteiger partial charge in [-0.3, -0.25) is 0 Å². The molecule has 0 amide bonds. The summed E-state index contributed by atoms with van der Waals surface area (Å²) in [5, 5.41) is 0. The summed E-state index contributed by atoms with van der Waals surface area (Å²) in [6, 6.07) is 0. The molecule has 1 atom stereocenters. The fourth-order valence-electron chi connectivity index (χ4n) is 1.28. The van der Waals surface area contributed by atoms with E-state index >= 15 is 0 Å². The SMILES string of the molecule is CCN1C=CN(COC)C1C. The molecular weight excluding hydrogens is 140 g/mol. The molecule has 0 N–H and O–H groups in total. The van der Waals surface area contributed by atoms with E-state index in [9.17, 15) is 0 Å². The summed E-state index contributed by atoms with van der Waals surface area (Å²) in [6.45, 7) is 6.05. The molecule has 0 spiro atoms. The van der Waals surface area contributed by atoms with E-state index in [1.165, 1.54) is 0 Å². The monoisotopic (exact) mass is 156 g/mol. The minimum absolute atomic E-state index is 0.444. The zero-order chi connectivity index (χ0) is 8.27. The van der Waals surface area contributed by atoms with Crippen LogP contribution < -0.4 is 0 Å². The number of nitrogens with zero attached hydrogens (tertiary/aromatic N) is 2.